The molecule has 0 aliphatic heterocycles. The molecule has 0 nitrogen and oxygen atoms in total. The predicted molar refractivity (Wildman–Crippen MR) is 48.4 cm³/mol. The Labute approximate surface area is 68.8 Å². The van der Waals surface area contributed by atoms with Crippen molar-refractivity contribution >= 4 is 0 Å². The Morgan fingerprint density at radius 3 is 2.55 bits per heavy atom. The van der Waals surface area contributed by atoms with Crippen molar-refractivity contribution in [3.05, 3.63) is 23.8 Å². The molecule has 0 aliphatic carbocycles. The maximum atomic E-state index is 12.3. The summed E-state index contributed by atoms with van der Waals surface area (Å²) >= 11 is 0. The molecule has 0 amide bonds. The SMILES string of the molecule is C/C=C(\C=C/[C@@H](C)F)CCC. The van der Waals surface area contributed by atoms with E-state index in [0.717, 1.165) is 12.8 Å². The van der Waals surface area contributed by atoms with Crippen molar-refractivity contribution in [2.75, 3.05) is 0 Å². The van der Waals surface area contributed by atoms with Crippen LogP contribution in [-0.4, -0.2) is 6.17 Å². The van der Waals surface area contributed by atoms with Gasteiger partial charge in [-0.15, -0.1) is 0 Å². The van der Waals surface area contributed by atoms with Crippen molar-refractivity contribution in [1.29, 1.82) is 0 Å². The summed E-state index contributed by atoms with van der Waals surface area (Å²) in [4.78, 5) is 0. The van der Waals surface area contributed by atoms with Gasteiger partial charge in [-0.05, 0) is 20.3 Å². The van der Waals surface area contributed by atoms with Crippen molar-refractivity contribution in [2.45, 2.75) is 39.8 Å². The largest absolute Gasteiger partial charge is 0.243 e. The zero-order chi connectivity index (χ0) is 8.69. The average molecular weight is 156 g/mol. The summed E-state index contributed by atoms with van der Waals surface area (Å²) in [6.07, 6.45) is 6.81. The van der Waals surface area contributed by atoms with Crippen LogP contribution in [0.2, 0.25) is 0 Å². The molecule has 11 heavy (non-hydrogen) atoms. The maximum Gasteiger partial charge on any atom is 0.116 e. The summed E-state index contributed by atoms with van der Waals surface area (Å²) in [5, 5.41) is 0. The lowest BCUT2D eigenvalue weighted by molar-refractivity contribution is 0.430. The fraction of sp³-hybridized carbons (Fsp3) is 0.600. The minimum Gasteiger partial charge on any atom is -0.243 e. The zero-order valence-electron chi connectivity index (χ0n) is 7.60. The highest BCUT2D eigenvalue weighted by atomic mass is 19.1. The normalized spacial score (nSPS) is 15.8. The average Bonchev–Trinajstić information content (AvgIpc) is 1.97. The highest BCUT2D eigenvalue weighted by molar-refractivity contribution is 5.18. The van der Waals surface area contributed by atoms with Gasteiger partial charge in [0.1, 0.15) is 6.17 Å². The van der Waals surface area contributed by atoms with Crippen LogP contribution in [0.4, 0.5) is 4.39 Å². The molecule has 0 spiro atoms. The second-order valence-electron chi connectivity index (χ2n) is 2.65. The molecule has 0 aliphatic rings. The van der Waals surface area contributed by atoms with Crippen molar-refractivity contribution in [3.8, 4) is 0 Å². The first-order valence-corrected chi connectivity index (χ1v) is 4.18. The van der Waals surface area contributed by atoms with Crippen LogP contribution >= 0.6 is 0 Å². The summed E-state index contributed by atoms with van der Waals surface area (Å²) in [7, 11) is 0. The topological polar surface area (TPSA) is 0 Å². The first-order chi connectivity index (χ1) is 5.20. The Morgan fingerprint density at radius 2 is 2.18 bits per heavy atom. The predicted octanol–water partition coefficient (Wildman–Crippen LogP) is 3.65. The monoisotopic (exact) mass is 156 g/mol. The Balaban J connectivity index is 3.88. The molecule has 0 aromatic rings. The van der Waals surface area contributed by atoms with Gasteiger partial charge in [0.25, 0.3) is 0 Å². The third-order valence-electron chi connectivity index (χ3n) is 1.48. The van der Waals surface area contributed by atoms with Crippen LogP contribution in [0.1, 0.15) is 33.6 Å². The Kier molecular flexibility index (Phi) is 5.81. The van der Waals surface area contributed by atoms with Gasteiger partial charge in [0.2, 0.25) is 0 Å². The molecule has 0 unspecified atom stereocenters. The van der Waals surface area contributed by atoms with Crippen LogP contribution in [0.25, 0.3) is 0 Å². The lowest BCUT2D eigenvalue weighted by atomic mass is 10.1. The highest BCUT2D eigenvalue weighted by Crippen LogP contribution is 2.07. The standard InChI is InChI=1S/C10H17F/c1-4-6-10(5-2)8-7-9(3)11/h5,7-9H,4,6H2,1-3H3/b8-7-,10-5-/t9-/m1/s1. The molecule has 0 saturated heterocycles. The molecule has 0 radical (unpaired) electrons. The van der Waals surface area contributed by atoms with Gasteiger partial charge in [0.05, 0.1) is 0 Å². The fourth-order valence-electron chi connectivity index (χ4n) is 0.869. The summed E-state index contributed by atoms with van der Waals surface area (Å²) in [5.41, 5.74) is 1.22. The zero-order valence-corrected chi connectivity index (χ0v) is 7.60. The van der Waals surface area contributed by atoms with E-state index in [9.17, 15) is 4.39 Å². The second kappa shape index (κ2) is 6.14. The van der Waals surface area contributed by atoms with Gasteiger partial charge < -0.3 is 0 Å². The first kappa shape index (κ1) is 10.4. The maximum absolute atomic E-state index is 12.3. The minimum atomic E-state index is -0.832. The molecule has 0 rings (SSSR count). The number of alkyl halides is 1. The van der Waals surface area contributed by atoms with Crippen LogP contribution in [0.15, 0.2) is 23.8 Å². The lowest BCUT2D eigenvalue weighted by Gasteiger charge is -1.97. The van der Waals surface area contributed by atoms with Crippen molar-refractivity contribution in [1.82, 2.24) is 0 Å². The summed E-state index contributed by atoms with van der Waals surface area (Å²) in [6.45, 7) is 5.64. The van der Waals surface area contributed by atoms with E-state index in [2.05, 4.69) is 6.92 Å². The summed E-state index contributed by atoms with van der Waals surface area (Å²) < 4.78 is 12.3. The summed E-state index contributed by atoms with van der Waals surface area (Å²) in [5.74, 6) is 0. The smallest absolute Gasteiger partial charge is 0.116 e. The van der Waals surface area contributed by atoms with Gasteiger partial charge >= 0.3 is 0 Å². The molecule has 1 heteroatoms. The molecular weight excluding hydrogens is 139 g/mol. The minimum absolute atomic E-state index is 0.832. The lowest BCUT2D eigenvalue weighted by Crippen LogP contribution is -1.84. The van der Waals surface area contributed by atoms with Crippen molar-refractivity contribution in [3.63, 3.8) is 0 Å². The highest BCUT2D eigenvalue weighted by Gasteiger charge is 1.91. The molecule has 0 aromatic carbocycles. The van der Waals surface area contributed by atoms with Gasteiger partial charge in [-0.1, -0.05) is 37.1 Å². The molecule has 0 saturated carbocycles. The van der Waals surface area contributed by atoms with Gasteiger partial charge in [0, 0.05) is 0 Å². The van der Waals surface area contributed by atoms with Gasteiger partial charge in [-0.3, -0.25) is 0 Å². The van der Waals surface area contributed by atoms with E-state index in [1.807, 2.05) is 19.1 Å². The van der Waals surface area contributed by atoms with E-state index in [4.69, 9.17) is 0 Å². The number of rotatable bonds is 4. The Bertz CT molecular complexity index is 143. The van der Waals surface area contributed by atoms with E-state index in [1.165, 1.54) is 12.5 Å². The van der Waals surface area contributed by atoms with Crippen molar-refractivity contribution in [2.24, 2.45) is 0 Å². The van der Waals surface area contributed by atoms with Crippen LogP contribution in [0.3, 0.4) is 0 Å². The van der Waals surface area contributed by atoms with Crippen LogP contribution in [0, 0.1) is 0 Å². The van der Waals surface area contributed by atoms with Crippen LogP contribution < -0.4 is 0 Å². The Hall–Kier alpha value is -0.590. The first-order valence-electron chi connectivity index (χ1n) is 4.18. The van der Waals surface area contributed by atoms with E-state index in [-0.39, 0.29) is 0 Å². The quantitative estimate of drug-likeness (QED) is 0.545. The van der Waals surface area contributed by atoms with Gasteiger partial charge in [0.15, 0.2) is 0 Å². The molecular formula is C10H17F. The molecule has 64 valence electrons. The van der Waals surface area contributed by atoms with E-state index >= 15 is 0 Å². The number of hydrogen-bond acceptors (Lipinski definition) is 0. The second-order valence-corrected chi connectivity index (χ2v) is 2.65. The van der Waals surface area contributed by atoms with E-state index < -0.39 is 6.17 Å². The van der Waals surface area contributed by atoms with Crippen LogP contribution in [0.5, 0.6) is 0 Å². The fourth-order valence-corrected chi connectivity index (χ4v) is 0.869. The molecule has 0 N–H and O–H groups in total. The van der Waals surface area contributed by atoms with E-state index in [0.29, 0.717) is 0 Å². The van der Waals surface area contributed by atoms with E-state index in [1.54, 1.807) is 6.08 Å². The molecule has 1 atom stereocenters. The number of allylic oxidation sites excluding steroid dienone is 4. The molecule has 0 aromatic heterocycles. The van der Waals surface area contributed by atoms with Crippen molar-refractivity contribution < 1.29 is 4.39 Å². The molecule has 0 fully saturated rings. The molecule has 0 bridgehead atoms. The molecule has 0 heterocycles. The summed E-state index contributed by atoms with van der Waals surface area (Å²) in [6, 6.07) is 0. The van der Waals surface area contributed by atoms with Gasteiger partial charge in [-0.2, -0.15) is 0 Å². The number of hydrogen-bond donors (Lipinski definition) is 0. The Morgan fingerprint density at radius 1 is 1.55 bits per heavy atom. The van der Waals surface area contributed by atoms with Gasteiger partial charge in [-0.25, -0.2) is 4.39 Å². The third-order valence-corrected chi connectivity index (χ3v) is 1.48. The number of halogens is 1. The third kappa shape index (κ3) is 5.84. The van der Waals surface area contributed by atoms with Crippen LogP contribution in [-0.2, 0) is 0 Å².